The highest BCUT2D eigenvalue weighted by Gasteiger charge is 2.22. The molecule has 0 saturated heterocycles. The Kier molecular flexibility index (Phi) is 6.06. The number of imidazole rings is 1. The maximum absolute atomic E-state index is 6.27. The second-order valence-corrected chi connectivity index (χ2v) is 8.24. The van der Waals surface area contributed by atoms with E-state index in [-0.39, 0.29) is 6.10 Å². The van der Waals surface area contributed by atoms with Crippen molar-refractivity contribution in [1.29, 1.82) is 0 Å². The van der Waals surface area contributed by atoms with Gasteiger partial charge in [0.25, 0.3) is 5.65 Å². The lowest BCUT2D eigenvalue weighted by Crippen LogP contribution is -2.36. The first-order valence-corrected chi connectivity index (χ1v) is 10.9. The van der Waals surface area contributed by atoms with Crippen LogP contribution in [-0.4, -0.2) is 34.7 Å². The Labute approximate surface area is 177 Å². The third kappa shape index (κ3) is 4.20. The number of nitrogens with one attached hydrogen (secondary N) is 2. The van der Waals surface area contributed by atoms with Crippen molar-refractivity contribution < 1.29 is 14.0 Å². The van der Waals surface area contributed by atoms with E-state index in [1.54, 1.807) is 7.11 Å². The fourth-order valence-electron chi connectivity index (χ4n) is 3.99. The Morgan fingerprint density at radius 3 is 2.73 bits per heavy atom. The molecule has 0 aliphatic heterocycles. The van der Waals surface area contributed by atoms with Gasteiger partial charge < -0.3 is 19.8 Å². The predicted octanol–water partition coefficient (Wildman–Crippen LogP) is 4.18. The number of H-pyrrole nitrogens is 1. The van der Waals surface area contributed by atoms with Crippen LogP contribution < -0.4 is 19.4 Å². The van der Waals surface area contributed by atoms with Gasteiger partial charge in [0.15, 0.2) is 22.8 Å². The quantitative estimate of drug-likeness (QED) is 0.545. The largest absolute Gasteiger partial charge is 0.493 e. The van der Waals surface area contributed by atoms with E-state index in [9.17, 15) is 0 Å². The number of hydrogen-bond donors (Lipinski definition) is 2. The van der Waals surface area contributed by atoms with Crippen LogP contribution in [0.4, 0.5) is 5.82 Å². The van der Waals surface area contributed by atoms with Crippen LogP contribution in [0.2, 0.25) is 0 Å². The summed E-state index contributed by atoms with van der Waals surface area (Å²) in [6.07, 6.45) is 6.85. The van der Waals surface area contributed by atoms with Gasteiger partial charge in [-0.25, -0.2) is 4.57 Å². The maximum atomic E-state index is 6.27. The van der Waals surface area contributed by atoms with Gasteiger partial charge in [-0.15, -0.1) is 0 Å². The van der Waals surface area contributed by atoms with Crippen molar-refractivity contribution in [2.45, 2.75) is 65.0 Å². The van der Waals surface area contributed by atoms with E-state index in [1.165, 1.54) is 12.8 Å². The zero-order chi connectivity index (χ0) is 21.1. The molecule has 7 nitrogen and oxygen atoms in total. The molecule has 0 unspecified atom stereocenters. The SMILES string of the molecule is CCNc1nc[n+](Cc2ccc(OC)c(OC3CCCC3)c2)c2nc(C(C)C)[nH]c12. The van der Waals surface area contributed by atoms with Crippen LogP contribution in [0.15, 0.2) is 24.5 Å². The number of rotatable bonds is 8. The number of methoxy groups -OCH3 is 1. The smallest absolute Gasteiger partial charge is 0.294 e. The molecule has 1 aliphatic rings. The fourth-order valence-corrected chi connectivity index (χ4v) is 3.99. The molecule has 1 fully saturated rings. The minimum atomic E-state index is 0.287. The lowest BCUT2D eigenvalue weighted by atomic mass is 10.2. The van der Waals surface area contributed by atoms with Gasteiger partial charge in [-0.05, 0) is 50.3 Å². The van der Waals surface area contributed by atoms with Gasteiger partial charge in [0.05, 0.1) is 19.8 Å². The van der Waals surface area contributed by atoms with E-state index in [0.29, 0.717) is 12.5 Å². The molecular formula is C23H32N5O2+. The molecule has 2 aromatic heterocycles. The van der Waals surface area contributed by atoms with Gasteiger partial charge in [-0.3, -0.25) is 0 Å². The lowest BCUT2D eigenvalue weighted by Gasteiger charge is -2.16. The average Bonchev–Trinajstić information content (AvgIpc) is 3.40. The van der Waals surface area contributed by atoms with Crippen LogP contribution in [0.1, 0.15) is 63.8 Å². The number of anilines is 1. The Morgan fingerprint density at radius 2 is 2.03 bits per heavy atom. The van der Waals surface area contributed by atoms with Crippen molar-refractivity contribution in [3.63, 3.8) is 0 Å². The molecule has 2 heterocycles. The molecule has 4 rings (SSSR count). The summed E-state index contributed by atoms with van der Waals surface area (Å²) in [4.78, 5) is 12.9. The van der Waals surface area contributed by atoms with Crippen molar-refractivity contribution in [3.05, 3.63) is 35.9 Å². The first-order chi connectivity index (χ1) is 14.6. The summed E-state index contributed by atoms with van der Waals surface area (Å²) in [5.41, 5.74) is 2.97. The molecule has 0 atom stereocenters. The second-order valence-electron chi connectivity index (χ2n) is 8.24. The minimum Gasteiger partial charge on any atom is -0.493 e. The van der Waals surface area contributed by atoms with E-state index in [1.807, 2.05) is 12.4 Å². The summed E-state index contributed by atoms with van der Waals surface area (Å²) in [7, 11) is 1.69. The lowest BCUT2D eigenvalue weighted by molar-refractivity contribution is -0.667. The highest BCUT2D eigenvalue weighted by Crippen LogP contribution is 2.32. The van der Waals surface area contributed by atoms with Crippen LogP contribution in [0.3, 0.4) is 0 Å². The van der Waals surface area contributed by atoms with Gasteiger partial charge in [-0.1, -0.05) is 29.9 Å². The zero-order valence-electron chi connectivity index (χ0n) is 18.4. The van der Waals surface area contributed by atoms with Crippen molar-refractivity contribution in [3.8, 4) is 11.5 Å². The monoisotopic (exact) mass is 410 g/mol. The van der Waals surface area contributed by atoms with Gasteiger partial charge in [0, 0.05) is 12.5 Å². The second kappa shape index (κ2) is 8.90. The number of aromatic amines is 1. The van der Waals surface area contributed by atoms with Crippen molar-refractivity contribution in [2.24, 2.45) is 0 Å². The Bertz CT molecular complexity index is 1010. The van der Waals surface area contributed by atoms with Gasteiger partial charge in [0.1, 0.15) is 0 Å². The fraction of sp³-hybridized carbons (Fsp3) is 0.522. The summed E-state index contributed by atoms with van der Waals surface area (Å²) < 4.78 is 13.9. The number of benzene rings is 1. The zero-order valence-corrected chi connectivity index (χ0v) is 18.4. The summed E-state index contributed by atoms with van der Waals surface area (Å²) >= 11 is 0. The summed E-state index contributed by atoms with van der Waals surface area (Å²) in [6.45, 7) is 7.81. The molecular weight excluding hydrogens is 378 g/mol. The van der Waals surface area contributed by atoms with E-state index in [0.717, 1.165) is 59.3 Å². The van der Waals surface area contributed by atoms with Crippen LogP contribution in [0, 0.1) is 0 Å². The molecule has 7 heteroatoms. The summed E-state index contributed by atoms with van der Waals surface area (Å²) in [5, 5.41) is 3.33. The molecule has 1 saturated carbocycles. The van der Waals surface area contributed by atoms with Crippen molar-refractivity contribution >= 4 is 17.0 Å². The topological polar surface area (TPSA) is 75.9 Å². The third-order valence-corrected chi connectivity index (χ3v) is 5.61. The third-order valence-electron chi connectivity index (χ3n) is 5.61. The Morgan fingerprint density at radius 1 is 1.23 bits per heavy atom. The number of nitrogens with zero attached hydrogens (tertiary/aromatic N) is 3. The molecule has 2 N–H and O–H groups in total. The van der Waals surface area contributed by atoms with Gasteiger partial charge in [-0.2, -0.15) is 0 Å². The van der Waals surface area contributed by atoms with E-state index < -0.39 is 0 Å². The van der Waals surface area contributed by atoms with Crippen LogP contribution in [-0.2, 0) is 6.54 Å². The number of fused-ring (bicyclic) bond motifs is 1. The predicted molar refractivity (Wildman–Crippen MR) is 117 cm³/mol. The summed E-state index contributed by atoms with van der Waals surface area (Å²) in [6, 6.07) is 6.15. The number of ether oxygens (including phenoxy) is 2. The van der Waals surface area contributed by atoms with E-state index in [4.69, 9.17) is 14.5 Å². The molecule has 160 valence electrons. The molecule has 30 heavy (non-hydrogen) atoms. The number of aromatic nitrogens is 4. The van der Waals surface area contributed by atoms with Crippen molar-refractivity contribution in [2.75, 3.05) is 19.0 Å². The molecule has 1 aromatic carbocycles. The standard InChI is InChI=1S/C23H31N5O2/c1-5-24-22-20-23(27-21(26-20)15(2)3)28(14-25-22)13-16-10-11-18(29-4)19(12-16)30-17-8-6-7-9-17/h10-12,14-15,17H,5-9,13H2,1-4H3,(H,24,26,27)/p+1. The Hall–Kier alpha value is -2.83. The molecule has 0 radical (unpaired) electrons. The first kappa shape index (κ1) is 20.4. The van der Waals surface area contributed by atoms with E-state index >= 15 is 0 Å². The molecule has 0 bridgehead atoms. The molecule has 0 spiro atoms. The van der Waals surface area contributed by atoms with Crippen LogP contribution in [0.25, 0.3) is 11.2 Å². The van der Waals surface area contributed by atoms with Crippen molar-refractivity contribution in [1.82, 2.24) is 15.0 Å². The molecule has 0 amide bonds. The first-order valence-electron chi connectivity index (χ1n) is 10.9. The van der Waals surface area contributed by atoms with Crippen LogP contribution >= 0.6 is 0 Å². The number of hydrogen-bond acceptors (Lipinski definition) is 5. The van der Waals surface area contributed by atoms with E-state index in [2.05, 4.69) is 52.8 Å². The molecule has 3 aromatic rings. The Balaban J connectivity index is 1.67. The average molecular weight is 411 g/mol. The summed E-state index contributed by atoms with van der Waals surface area (Å²) in [5.74, 6) is 3.71. The normalized spacial score (nSPS) is 14.6. The van der Waals surface area contributed by atoms with Gasteiger partial charge >= 0.3 is 0 Å². The molecule has 1 aliphatic carbocycles. The highest BCUT2D eigenvalue weighted by molar-refractivity contribution is 5.80. The van der Waals surface area contributed by atoms with Crippen LogP contribution in [0.5, 0.6) is 11.5 Å². The maximum Gasteiger partial charge on any atom is 0.294 e. The minimum absolute atomic E-state index is 0.287. The van der Waals surface area contributed by atoms with Gasteiger partial charge in [0.2, 0.25) is 12.1 Å². The highest BCUT2D eigenvalue weighted by atomic mass is 16.5.